The molecular formula is C30H42ClNO7. The van der Waals surface area contributed by atoms with Crippen LogP contribution in [0.5, 0.6) is 5.75 Å². The first kappa shape index (κ1) is 27.7. The molecule has 7 unspecified atom stereocenters. The summed E-state index contributed by atoms with van der Waals surface area (Å²) in [7, 11) is 5.01. The molecule has 0 radical (unpaired) electrons. The summed E-state index contributed by atoms with van der Waals surface area (Å²) in [5, 5.41) is 25.1. The van der Waals surface area contributed by atoms with Crippen LogP contribution in [0.15, 0.2) is 24.3 Å². The molecule has 0 amide bonds. The van der Waals surface area contributed by atoms with Crippen LogP contribution in [0.25, 0.3) is 0 Å². The maximum absolute atomic E-state index is 13.5. The molecule has 9 heteroatoms. The van der Waals surface area contributed by atoms with Crippen molar-refractivity contribution in [1.29, 1.82) is 0 Å². The molecular weight excluding hydrogens is 522 g/mol. The third-order valence-corrected chi connectivity index (χ3v) is 12.1. The number of carbonyl (C=O) groups excluding carboxylic acids is 1. The van der Waals surface area contributed by atoms with E-state index < -0.39 is 29.4 Å². The Morgan fingerprint density at radius 2 is 1.69 bits per heavy atom. The lowest BCUT2D eigenvalue weighted by molar-refractivity contribution is -0.271. The van der Waals surface area contributed by atoms with Crippen molar-refractivity contribution in [1.82, 2.24) is 4.90 Å². The van der Waals surface area contributed by atoms with Gasteiger partial charge in [-0.05, 0) is 74.2 Å². The number of fused-ring (bicyclic) bond motifs is 2. The summed E-state index contributed by atoms with van der Waals surface area (Å²) in [6, 6.07) is 7.01. The lowest BCUT2D eigenvalue weighted by Gasteiger charge is -2.67. The molecule has 1 spiro atoms. The van der Waals surface area contributed by atoms with E-state index in [2.05, 4.69) is 11.8 Å². The Bertz CT molecular complexity index is 1120. The van der Waals surface area contributed by atoms with E-state index in [1.54, 1.807) is 38.5 Å². The van der Waals surface area contributed by atoms with Crippen molar-refractivity contribution < 1.29 is 34.0 Å². The van der Waals surface area contributed by atoms with Crippen molar-refractivity contribution in [2.75, 3.05) is 34.4 Å². The van der Waals surface area contributed by atoms with E-state index in [-0.39, 0.29) is 47.7 Å². The number of rotatable bonds is 6. The fraction of sp³-hybridized carbons (Fsp3) is 0.767. The molecule has 7 rings (SSSR count). The Balaban J connectivity index is 0.00000277. The highest BCUT2D eigenvalue weighted by molar-refractivity contribution is 5.89. The summed E-state index contributed by atoms with van der Waals surface area (Å²) in [6.07, 6.45) is 2.50. The van der Waals surface area contributed by atoms with E-state index in [1.165, 1.54) is 0 Å². The van der Waals surface area contributed by atoms with Gasteiger partial charge >= 0.3 is 5.97 Å². The van der Waals surface area contributed by atoms with Crippen LogP contribution in [0.1, 0.15) is 49.4 Å². The maximum Gasteiger partial charge on any atom is 0.338 e. The molecule has 6 fully saturated rings. The standard InChI is InChI=1S/C30H41NO7.ClH/c1-5-31-15-17-8-11-22(36-3)30-19(17)12-20(25(30)31)28(33)14-23(37-4)29(34)13-21(30)24(28)26(29)38-27(32)16-6-9-18(35-2)10-7-16;/h6-7,9-10,17,19-26,33-34H,5,8,11-15H2,1-4H3;1H/t17?,19?,20?,21?,22?,23-,24?,25?,26+,28-,29-,30-;/m0./s1. The van der Waals surface area contributed by atoms with Crippen LogP contribution >= 0.6 is 12.4 Å². The summed E-state index contributed by atoms with van der Waals surface area (Å²) in [5.41, 5.74) is -2.24. The van der Waals surface area contributed by atoms with Gasteiger partial charge in [0.05, 0.1) is 30.5 Å². The van der Waals surface area contributed by atoms with E-state index >= 15 is 0 Å². The van der Waals surface area contributed by atoms with Gasteiger partial charge in [0.2, 0.25) is 0 Å². The summed E-state index contributed by atoms with van der Waals surface area (Å²) in [5.74, 6) is 0.810. The van der Waals surface area contributed by atoms with Gasteiger partial charge in [-0.3, -0.25) is 4.90 Å². The smallest absolute Gasteiger partial charge is 0.338 e. The average molecular weight is 564 g/mol. The number of hydrogen-bond acceptors (Lipinski definition) is 8. The minimum Gasteiger partial charge on any atom is -0.497 e. The van der Waals surface area contributed by atoms with Crippen LogP contribution in [-0.4, -0.2) is 91.1 Å². The predicted octanol–water partition coefficient (Wildman–Crippen LogP) is 2.92. The van der Waals surface area contributed by atoms with Crippen LogP contribution in [0.3, 0.4) is 0 Å². The van der Waals surface area contributed by atoms with Crippen molar-refractivity contribution >= 4 is 18.4 Å². The van der Waals surface area contributed by atoms with E-state index in [4.69, 9.17) is 18.9 Å². The van der Waals surface area contributed by atoms with Crippen LogP contribution in [0.2, 0.25) is 0 Å². The minimum absolute atomic E-state index is 0. The van der Waals surface area contributed by atoms with E-state index in [9.17, 15) is 15.0 Å². The highest BCUT2D eigenvalue weighted by Crippen LogP contribution is 2.77. The zero-order valence-electron chi connectivity index (χ0n) is 23.2. The number of aliphatic hydroxyl groups is 2. The molecule has 7 bridgehead atoms. The van der Waals surface area contributed by atoms with Crippen LogP contribution in [0, 0.1) is 35.0 Å². The lowest BCUT2D eigenvalue weighted by Crippen LogP contribution is -2.75. The van der Waals surface area contributed by atoms with E-state index in [0.717, 1.165) is 32.4 Å². The summed E-state index contributed by atoms with van der Waals surface area (Å²) < 4.78 is 23.7. The predicted molar refractivity (Wildman–Crippen MR) is 145 cm³/mol. The first-order valence-electron chi connectivity index (χ1n) is 14.4. The topological polar surface area (TPSA) is 97.7 Å². The van der Waals surface area contributed by atoms with Crippen molar-refractivity contribution in [3.05, 3.63) is 29.8 Å². The largest absolute Gasteiger partial charge is 0.497 e. The monoisotopic (exact) mass is 563 g/mol. The molecule has 5 aliphatic carbocycles. The fourth-order valence-electron chi connectivity index (χ4n) is 11.0. The molecule has 1 heterocycles. The first-order valence-corrected chi connectivity index (χ1v) is 14.4. The Kier molecular flexibility index (Phi) is 6.61. The van der Waals surface area contributed by atoms with Crippen molar-refractivity contribution in [2.45, 2.75) is 74.6 Å². The van der Waals surface area contributed by atoms with Crippen LogP contribution in [-0.2, 0) is 14.2 Å². The number of ether oxygens (including phenoxy) is 4. The maximum atomic E-state index is 13.5. The molecule has 1 aromatic carbocycles. The van der Waals surface area contributed by atoms with Gasteiger partial charge in [0.1, 0.15) is 17.5 Å². The van der Waals surface area contributed by atoms with Gasteiger partial charge in [0.25, 0.3) is 0 Å². The lowest BCUT2D eigenvalue weighted by atomic mass is 9.46. The molecule has 1 aromatic rings. The van der Waals surface area contributed by atoms with Gasteiger partial charge in [-0.15, -0.1) is 12.4 Å². The van der Waals surface area contributed by atoms with Crippen molar-refractivity contribution in [3.63, 3.8) is 0 Å². The quantitative estimate of drug-likeness (QED) is 0.510. The second kappa shape index (κ2) is 9.30. The Hall–Kier alpha value is -1.42. The zero-order chi connectivity index (χ0) is 26.6. The van der Waals surface area contributed by atoms with Gasteiger partial charge in [0, 0.05) is 50.5 Å². The third kappa shape index (κ3) is 3.27. The molecule has 1 saturated heterocycles. The molecule has 6 aliphatic rings. The van der Waals surface area contributed by atoms with E-state index in [1.807, 2.05) is 7.11 Å². The molecule has 12 atom stereocenters. The Labute approximate surface area is 236 Å². The van der Waals surface area contributed by atoms with Gasteiger partial charge in [-0.1, -0.05) is 6.92 Å². The average Bonchev–Trinajstić information content (AvgIpc) is 3.31. The second-order valence-corrected chi connectivity index (χ2v) is 12.8. The molecule has 0 aromatic heterocycles. The third-order valence-electron chi connectivity index (χ3n) is 12.1. The number of likely N-dealkylation sites (tertiary alicyclic amines) is 1. The normalized spacial score (nSPS) is 48.8. The van der Waals surface area contributed by atoms with Gasteiger partial charge in [0.15, 0.2) is 0 Å². The van der Waals surface area contributed by atoms with Crippen molar-refractivity contribution in [2.24, 2.45) is 35.0 Å². The number of piperidine rings is 1. The number of methoxy groups -OCH3 is 3. The molecule has 216 valence electrons. The number of esters is 1. The van der Waals surface area contributed by atoms with Crippen LogP contribution < -0.4 is 4.74 Å². The Morgan fingerprint density at radius 1 is 0.974 bits per heavy atom. The van der Waals surface area contributed by atoms with Crippen LogP contribution in [0.4, 0.5) is 0 Å². The number of carbonyl (C=O) groups is 1. The highest BCUT2D eigenvalue weighted by atomic mass is 35.5. The first-order chi connectivity index (χ1) is 18.3. The number of nitrogens with zero attached hydrogens (tertiary/aromatic N) is 1. The van der Waals surface area contributed by atoms with Gasteiger partial charge in [-0.2, -0.15) is 0 Å². The number of benzene rings is 1. The minimum atomic E-state index is -1.37. The second-order valence-electron chi connectivity index (χ2n) is 12.8. The summed E-state index contributed by atoms with van der Waals surface area (Å²) in [6.45, 7) is 4.23. The summed E-state index contributed by atoms with van der Waals surface area (Å²) in [4.78, 5) is 16.1. The molecule has 2 N–H and O–H groups in total. The SMILES string of the molecule is CCN1CC2CCC(OC)[C@@]34C2CC(C13)[C@@]1(O)C[C@H](OC)[C@@]2(O)CC4C1[C@H]2OC(=O)c1ccc(OC)cc1.Cl. The summed E-state index contributed by atoms with van der Waals surface area (Å²) >= 11 is 0. The van der Waals surface area contributed by atoms with Gasteiger partial charge < -0.3 is 29.2 Å². The molecule has 5 saturated carbocycles. The zero-order valence-corrected chi connectivity index (χ0v) is 24.1. The fourth-order valence-corrected chi connectivity index (χ4v) is 11.0. The highest BCUT2D eigenvalue weighted by Gasteiger charge is 2.84. The van der Waals surface area contributed by atoms with Crippen molar-refractivity contribution in [3.8, 4) is 5.75 Å². The number of hydrogen-bond donors (Lipinski definition) is 2. The molecule has 39 heavy (non-hydrogen) atoms. The Morgan fingerprint density at radius 3 is 2.33 bits per heavy atom. The van der Waals surface area contributed by atoms with Gasteiger partial charge in [-0.25, -0.2) is 4.79 Å². The van der Waals surface area contributed by atoms with E-state index in [0.29, 0.717) is 36.0 Å². The molecule has 8 nitrogen and oxygen atoms in total. The molecule has 1 aliphatic heterocycles. The number of halogens is 1.